The van der Waals surface area contributed by atoms with Crippen molar-refractivity contribution in [1.29, 1.82) is 0 Å². The lowest BCUT2D eigenvalue weighted by Gasteiger charge is -2.33. The van der Waals surface area contributed by atoms with Crippen LogP contribution >= 0.6 is 0 Å². The summed E-state index contributed by atoms with van der Waals surface area (Å²) in [7, 11) is -3.89. The molecule has 0 aliphatic heterocycles. The lowest BCUT2D eigenvalue weighted by Crippen LogP contribution is -2.54. The van der Waals surface area contributed by atoms with Gasteiger partial charge in [0.2, 0.25) is 21.8 Å². The maximum absolute atomic E-state index is 13.5. The first-order valence-corrected chi connectivity index (χ1v) is 14.1. The van der Waals surface area contributed by atoms with Gasteiger partial charge in [-0.2, -0.15) is 4.31 Å². The first-order chi connectivity index (χ1) is 17.3. The third-order valence-corrected chi connectivity index (χ3v) is 9.03. The molecular formula is C28H41N3O5S. The molecule has 8 nitrogen and oxygen atoms in total. The highest BCUT2D eigenvalue weighted by Crippen LogP contribution is 2.27. The summed E-state index contributed by atoms with van der Waals surface area (Å²) in [6.07, 6.45) is -0.170. The summed E-state index contributed by atoms with van der Waals surface area (Å²) in [5.41, 5.74) is 5.27. The average Bonchev–Trinajstić information content (AvgIpc) is 2.88. The van der Waals surface area contributed by atoms with Crippen LogP contribution in [0.5, 0.6) is 0 Å². The van der Waals surface area contributed by atoms with E-state index in [0.29, 0.717) is 0 Å². The molecule has 2 rings (SSSR count). The maximum Gasteiger partial charge on any atom is 0.243 e. The highest BCUT2D eigenvalue weighted by Gasteiger charge is 2.38. The number of carbonyl (C=O) groups is 2. The Morgan fingerprint density at radius 1 is 1.00 bits per heavy atom. The molecule has 1 unspecified atom stereocenters. The molecule has 0 radical (unpaired) electrons. The predicted octanol–water partition coefficient (Wildman–Crippen LogP) is 2.96. The summed E-state index contributed by atoms with van der Waals surface area (Å²) in [4.78, 5) is 25.2. The SMILES string of the molecule is CCC(C)CN(C[C@H](O)[C@@H](Cc1ccccc1)NC(=O)[C@@H](C)C(C)(C)C(N)=O)S(=O)(=O)c1ccccc1. The van der Waals surface area contributed by atoms with Crippen LogP contribution in [0.3, 0.4) is 0 Å². The molecule has 2 amide bonds. The quantitative estimate of drug-likeness (QED) is 0.345. The van der Waals surface area contributed by atoms with Gasteiger partial charge < -0.3 is 16.2 Å². The van der Waals surface area contributed by atoms with Crippen LogP contribution in [0, 0.1) is 17.3 Å². The number of primary amides is 1. The number of amides is 2. The number of aliphatic hydroxyl groups is 1. The van der Waals surface area contributed by atoms with Gasteiger partial charge in [0.05, 0.1) is 22.5 Å². The molecule has 0 aromatic heterocycles. The van der Waals surface area contributed by atoms with Crippen molar-refractivity contribution in [2.75, 3.05) is 13.1 Å². The first-order valence-electron chi connectivity index (χ1n) is 12.7. The van der Waals surface area contributed by atoms with Crippen LogP contribution in [-0.2, 0) is 26.0 Å². The summed E-state index contributed by atoms with van der Waals surface area (Å²) >= 11 is 0. The van der Waals surface area contributed by atoms with E-state index in [1.54, 1.807) is 39.0 Å². The fourth-order valence-electron chi connectivity index (χ4n) is 3.83. The Kier molecular flexibility index (Phi) is 10.8. The van der Waals surface area contributed by atoms with Gasteiger partial charge in [0.25, 0.3) is 0 Å². The van der Waals surface area contributed by atoms with Crippen molar-refractivity contribution >= 4 is 21.8 Å². The van der Waals surface area contributed by atoms with E-state index in [4.69, 9.17) is 5.73 Å². The Morgan fingerprint density at radius 2 is 1.54 bits per heavy atom. The Labute approximate surface area is 221 Å². The number of benzene rings is 2. The topological polar surface area (TPSA) is 130 Å². The van der Waals surface area contributed by atoms with Crippen LogP contribution in [0.4, 0.5) is 0 Å². The number of hydrogen-bond acceptors (Lipinski definition) is 5. The van der Waals surface area contributed by atoms with Crippen LogP contribution < -0.4 is 11.1 Å². The minimum absolute atomic E-state index is 0.0595. The monoisotopic (exact) mass is 531 g/mol. The summed E-state index contributed by atoms with van der Waals surface area (Å²) in [5, 5.41) is 14.2. The van der Waals surface area contributed by atoms with Gasteiger partial charge in [-0.3, -0.25) is 9.59 Å². The van der Waals surface area contributed by atoms with E-state index in [1.165, 1.54) is 16.4 Å². The van der Waals surface area contributed by atoms with Gasteiger partial charge >= 0.3 is 0 Å². The van der Waals surface area contributed by atoms with Crippen LogP contribution in [0.2, 0.25) is 0 Å². The molecule has 0 saturated heterocycles. The maximum atomic E-state index is 13.5. The van der Waals surface area contributed by atoms with E-state index >= 15 is 0 Å². The standard InChI is InChI=1S/C28H41N3O5S/c1-6-20(2)18-31(37(35,36)23-15-11-8-12-16-23)19-25(32)24(17-22-13-9-7-10-14-22)30-26(33)21(3)28(4,5)27(29)34/h7-16,20-21,24-25,32H,6,17-19H2,1-5H3,(H2,29,34)(H,30,33)/t20?,21-,24-,25+/m1/s1. The van der Waals surface area contributed by atoms with Crippen LogP contribution in [0.25, 0.3) is 0 Å². The van der Waals surface area contributed by atoms with E-state index in [9.17, 15) is 23.1 Å². The summed E-state index contributed by atoms with van der Waals surface area (Å²) in [6, 6.07) is 16.6. The first kappa shape index (κ1) is 30.5. The molecular weight excluding hydrogens is 490 g/mol. The lowest BCUT2D eigenvalue weighted by atomic mass is 9.78. The molecule has 0 bridgehead atoms. The molecule has 2 aromatic rings. The third-order valence-electron chi connectivity index (χ3n) is 7.19. The second-order valence-corrected chi connectivity index (χ2v) is 12.3. The molecule has 0 aliphatic rings. The van der Waals surface area contributed by atoms with Gasteiger partial charge in [0.1, 0.15) is 0 Å². The molecule has 0 saturated carbocycles. The van der Waals surface area contributed by atoms with Crippen molar-refractivity contribution in [3.63, 3.8) is 0 Å². The smallest absolute Gasteiger partial charge is 0.243 e. The Morgan fingerprint density at radius 3 is 2.05 bits per heavy atom. The Balaban J connectivity index is 2.37. The van der Waals surface area contributed by atoms with Gasteiger partial charge in [-0.25, -0.2) is 8.42 Å². The molecule has 4 N–H and O–H groups in total. The Hall–Kier alpha value is -2.75. The van der Waals surface area contributed by atoms with Gasteiger partial charge in [0.15, 0.2) is 0 Å². The predicted molar refractivity (Wildman–Crippen MR) is 145 cm³/mol. The summed E-state index contributed by atoms with van der Waals surface area (Å²) < 4.78 is 28.3. The molecule has 0 heterocycles. The minimum atomic E-state index is -3.89. The van der Waals surface area contributed by atoms with E-state index in [0.717, 1.165) is 12.0 Å². The molecule has 0 spiro atoms. The molecule has 2 aromatic carbocycles. The summed E-state index contributed by atoms with van der Waals surface area (Å²) in [5.74, 6) is -1.75. The highest BCUT2D eigenvalue weighted by atomic mass is 32.2. The lowest BCUT2D eigenvalue weighted by molar-refractivity contribution is -0.138. The Bertz CT molecular complexity index is 1120. The van der Waals surface area contributed by atoms with Gasteiger partial charge in [-0.15, -0.1) is 0 Å². The van der Waals surface area contributed by atoms with Crippen LogP contribution in [-0.4, -0.2) is 54.9 Å². The number of sulfonamides is 1. The molecule has 4 atom stereocenters. The van der Waals surface area contributed by atoms with Crippen molar-refractivity contribution in [1.82, 2.24) is 9.62 Å². The molecule has 9 heteroatoms. The fourth-order valence-corrected chi connectivity index (χ4v) is 5.42. The van der Waals surface area contributed by atoms with E-state index in [2.05, 4.69) is 5.32 Å². The van der Waals surface area contributed by atoms with Crippen molar-refractivity contribution in [3.05, 3.63) is 66.2 Å². The molecule has 0 aliphatic carbocycles. The van der Waals surface area contributed by atoms with Crippen molar-refractivity contribution in [2.45, 2.75) is 64.5 Å². The number of nitrogens with two attached hydrogens (primary N) is 1. The van der Waals surface area contributed by atoms with Gasteiger partial charge in [-0.1, -0.05) is 89.6 Å². The van der Waals surface area contributed by atoms with Gasteiger partial charge in [0, 0.05) is 19.0 Å². The number of carbonyl (C=O) groups excluding carboxylic acids is 2. The van der Waals surface area contributed by atoms with Crippen LogP contribution in [0.15, 0.2) is 65.6 Å². The van der Waals surface area contributed by atoms with E-state index in [-0.39, 0.29) is 30.3 Å². The number of nitrogens with one attached hydrogen (secondary N) is 1. The number of rotatable bonds is 14. The molecule has 204 valence electrons. The van der Waals surface area contributed by atoms with Gasteiger partial charge in [-0.05, 0) is 30.0 Å². The zero-order valence-electron chi connectivity index (χ0n) is 22.4. The van der Waals surface area contributed by atoms with E-state index in [1.807, 2.05) is 44.2 Å². The average molecular weight is 532 g/mol. The second kappa shape index (κ2) is 13.2. The number of hydrogen-bond donors (Lipinski definition) is 3. The minimum Gasteiger partial charge on any atom is -0.390 e. The highest BCUT2D eigenvalue weighted by molar-refractivity contribution is 7.89. The van der Waals surface area contributed by atoms with Crippen molar-refractivity contribution < 1.29 is 23.1 Å². The molecule has 0 fully saturated rings. The third kappa shape index (κ3) is 8.12. The largest absolute Gasteiger partial charge is 0.390 e. The fraction of sp³-hybridized carbons (Fsp3) is 0.500. The zero-order chi connectivity index (χ0) is 27.8. The van der Waals surface area contributed by atoms with E-state index < -0.39 is 45.3 Å². The molecule has 37 heavy (non-hydrogen) atoms. The number of aliphatic hydroxyl groups excluding tert-OH is 1. The summed E-state index contributed by atoms with van der Waals surface area (Å²) in [6.45, 7) is 8.77. The zero-order valence-corrected chi connectivity index (χ0v) is 23.2. The second-order valence-electron chi connectivity index (χ2n) is 10.3. The van der Waals surface area contributed by atoms with Crippen molar-refractivity contribution in [3.8, 4) is 0 Å². The number of nitrogens with zero attached hydrogens (tertiary/aromatic N) is 1. The normalized spacial score (nSPS) is 15.5. The van der Waals surface area contributed by atoms with Crippen molar-refractivity contribution in [2.24, 2.45) is 23.0 Å². The van der Waals surface area contributed by atoms with Crippen LogP contribution in [0.1, 0.15) is 46.6 Å².